The minimum atomic E-state index is -1.17. The summed E-state index contributed by atoms with van der Waals surface area (Å²) in [5.41, 5.74) is 0.760. The van der Waals surface area contributed by atoms with Crippen LogP contribution in [0.25, 0.3) is 0 Å². The Labute approximate surface area is 138 Å². The van der Waals surface area contributed by atoms with Crippen LogP contribution in [0.3, 0.4) is 0 Å². The number of rotatable bonds is 3. The minimum Gasteiger partial charge on any atom is -0.478 e. The Balaban J connectivity index is 1.69. The number of nitrogens with zero attached hydrogens (tertiary/aromatic N) is 3. The highest BCUT2D eigenvalue weighted by Gasteiger charge is 2.26. The topological polar surface area (TPSA) is 73.7 Å². The van der Waals surface area contributed by atoms with Crippen LogP contribution in [0.1, 0.15) is 20.8 Å². The number of benzene rings is 1. The molecular weight excluding hydrogens is 313 g/mol. The van der Waals surface area contributed by atoms with Crippen molar-refractivity contribution in [1.82, 2.24) is 9.88 Å². The van der Waals surface area contributed by atoms with E-state index in [1.165, 1.54) is 30.5 Å². The summed E-state index contributed by atoms with van der Waals surface area (Å²) in [5.74, 6) is -1.84. The molecule has 1 aliphatic heterocycles. The molecule has 0 atom stereocenters. The number of carbonyl (C=O) groups excluding carboxylic acids is 1. The molecule has 0 saturated carbocycles. The summed E-state index contributed by atoms with van der Waals surface area (Å²) in [6, 6.07) is 9.08. The second kappa shape index (κ2) is 6.66. The Hall–Kier alpha value is -2.96. The number of hydrogen-bond donors (Lipinski definition) is 1. The molecule has 1 N–H and O–H groups in total. The van der Waals surface area contributed by atoms with Crippen LogP contribution in [0.2, 0.25) is 0 Å². The zero-order valence-electron chi connectivity index (χ0n) is 12.9. The highest BCUT2D eigenvalue weighted by Crippen LogP contribution is 2.18. The average Bonchev–Trinajstić information content (AvgIpc) is 2.62. The lowest BCUT2D eigenvalue weighted by atomic mass is 10.1. The molecule has 124 valence electrons. The van der Waals surface area contributed by atoms with E-state index in [1.807, 2.05) is 0 Å². The summed E-state index contributed by atoms with van der Waals surface area (Å²) >= 11 is 0. The van der Waals surface area contributed by atoms with Gasteiger partial charge in [0.2, 0.25) is 0 Å². The standard InChI is InChI=1S/C17H16FN3O3/c18-12-3-5-13(6-4-12)20-8-10-21(11-9-20)16(22)15-14(17(23)24)2-1-7-19-15/h1-7H,8-11H2,(H,23,24). The predicted octanol–water partition coefficient (Wildman–Crippen LogP) is 1.88. The van der Waals surface area contributed by atoms with Crippen molar-refractivity contribution < 1.29 is 19.1 Å². The molecule has 0 aliphatic carbocycles. The van der Waals surface area contributed by atoms with E-state index in [0.717, 1.165) is 5.69 Å². The number of halogens is 1. The lowest BCUT2D eigenvalue weighted by Crippen LogP contribution is -2.49. The summed E-state index contributed by atoms with van der Waals surface area (Å²) in [6.45, 7) is 2.08. The lowest BCUT2D eigenvalue weighted by molar-refractivity contribution is 0.0669. The Bertz CT molecular complexity index is 756. The first-order valence-corrected chi connectivity index (χ1v) is 7.54. The van der Waals surface area contributed by atoms with Gasteiger partial charge >= 0.3 is 5.97 Å². The number of carbonyl (C=O) groups is 2. The molecule has 6 nitrogen and oxygen atoms in total. The van der Waals surface area contributed by atoms with Gasteiger partial charge in [0.25, 0.3) is 5.91 Å². The molecule has 0 spiro atoms. The van der Waals surface area contributed by atoms with Gasteiger partial charge in [0.05, 0.1) is 5.56 Å². The van der Waals surface area contributed by atoms with Gasteiger partial charge in [0, 0.05) is 38.1 Å². The Morgan fingerprint density at radius 1 is 1.04 bits per heavy atom. The zero-order valence-corrected chi connectivity index (χ0v) is 12.9. The maximum Gasteiger partial charge on any atom is 0.338 e. The quantitative estimate of drug-likeness (QED) is 0.931. The number of amides is 1. The molecule has 24 heavy (non-hydrogen) atoms. The van der Waals surface area contributed by atoms with E-state index in [1.54, 1.807) is 17.0 Å². The molecule has 1 aromatic carbocycles. The molecule has 3 rings (SSSR count). The third-order valence-corrected chi connectivity index (χ3v) is 4.00. The predicted molar refractivity (Wildman–Crippen MR) is 85.7 cm³/mol. The van der Waals surface area contributed by atoms with Crippen molar-refractivity contribution in [2.24, 2.45) is 0 Å². The molecule has 1 saturated heterocycles. The highest BCUT2D eigenvalue weighted by molar-refractivity contribution is 6.03. The number of piperazine rings is 1. The molecule has 2 heterocycles. The fourth-order valence-electron chi connectivity index (χ4n) is 2.72. The van der Waals surface area contributed by atoms with Crippen LogP contribution >= 0.6 is 0 Å². The van der Waals surface area contributed by atoms with Gasteiger partial charge in [-0.05, 0) is 36.4 Å². The maximum atomic E-state index is 13.0. The minimum absolute atomic E-state index is 0.0415. The summed E-state index contributed by atoms with van der Waals surface area (Å²) < 4.78 is 13.0. The van der Waals surface area contributed by atoms with Crippen molar-refractivity contribution in [2.75, 3.05) is 31.1 Å². The monoisotopic (exact) mass is 329 g/mol. The van der Waals surface area contributed by atoms with Gasteiger partial charge in [-0.2, -0.15) is 0 Å². The first-order valence-electron chi connectivity index (χ1n) is 7.54. The maximum absolute atomic E-state index is 13.0. The van der Waals surface area contributed by atoms with Gasteiger partial charge in [-0.25, -0.2) is 9.18 Å². The van der Waals surface area contributed by atoms with E-state index < -0.39 is 5.97 Å². The van der Waals surface area contributed by atoms with E-state index >= 15 is 0 Å². The zero-order chi connectivity index (χ0) is 17.1. The number of pyridine rings is 1. The molecule has 0 bridgehead atoms. The smallest absolute Gasteiger partial charge is 0.338 e. The molecule has 0 radical (unpaired) electrons. The number of aromatic nitrogens is 1. The van der Waals surface area contributed by atoms with Crippen LogP contribution in [-0.2, 0) is 0 Å². The molecular formula is C17H16FN3O3. The summed E-state index contributed by atoms with van der Waals surface area (Å²) in [4.78, 5) is 31.4. The third kappa shape index (κ3) is 3.19. The summed E-state index contributed by atoms with van der Waals surface area (Å²) in [6.07, 6.45) is 1.41. The van der Waals surface area contributed by atoms with E-state index in [0.29, 0.717) is 26.2 Å². The van der Waals surface area contributed by atoms with Crippen molar-refractivity contribution in [3.8, 4) is 0 Å². The second-order valence-electron chi connectivity index (χ2n) is 5.46. The second-order valence-corrected chi connectivity index (χ2v) is 5.46. The van der Waals surface area contributed by atoms with E-state index in [2.05, 4.69) is 9.88 Å². The molecule has 1 amide bonds. The van der Waals surface area contributed by atoms with E-state index in [-0.39, 0.29) is 23.0 Å². The number of hydrogen-bond acceptors (Lipinski definition) is 4. The molecule has 2 aromatic rings. The first kappa shape index (κ1) is 15.9. The summed E-state index contributed by atoms with van der Waals surface area (Å²) in [5, 5.41) is 9.18. The van der Waals surface area contributed by atoms with Crippen LogP contribution in [0.15, 0.2) is 42.6 Å². The molecule has 7 heteroatoms. The molecule has 1 aromatic heterocycles. The van der Waals surface area contributed by atoms with Gasteiger partial charge in [-0.15, -0.1) is 0 Å². The fraction of sp³-hybridized carbons (Fsp3) is 0.235. The fourth-order valence-corrected chi connectivity index (χ4v) is 2.72. The van der Waals surface area contributed by atoms with E-state index in [4.69, 9.17) is 0 Å². The van der Waals surface area contributed by atoms with Crippen molar-refractivity contribution >= 4 is 17.6 Å². The van der Waals surface area contributed by atoms with Crippen molar-refractivity contribution in [2.45, 2.75) is 0 Å². The normalized spacial score (nSPS) is 14.5. The van der Waals surface area contributed by atoms with Crippen molar-refractivity contribution in [3.05, 3.63) is 59.7 Å². The number of carboxylic acids is 1. The van der Waals surface area contributed by atoms with Crippen LogP contribution in [0.5, 0.6) is 0 Å². The molecule has 1 fully saturated rings. The average molecular weight is 329 g/mol. The SMILES string of the molecule is O=C(O)c1cccnc1C(=O)N1CCN(c2ccc(F)cc2)CC1. The first-order chi connectivity index (χ1) is 11.6. The van der Waals surface area contributed by atoms with Gasteiger partial charge in [0.15, 0.2) is 0 Å². The number of anilines is 1. The van der Waals surface area contributed by atoms with Crippen LogP contribution in [0, 0.1) is 5.82 Å². The molecule has 0 unspecified atom stereocenters. The molecule has 1 aliphatic rings. The van der Waals surface area contributed by atoms with Gasteiger partial charge in [-0.1, -0.05) is 0 Å². The van der Waals surface area contributed by atoms with Gasteiger partial charge < -0.3 is 14.9 Å². The van der Waals surface area contributed by atoms with Crippen LogP contribution < -0.4 is 4.90 Å². The van der Waals surface area contributed by atoms with Crippen LogP contribution in [-0.4, -0.2) is 53.0 Å². The number of carboxylic acid groups (broad SMARTS) is 1. The Kier molecular flexibility index (Phi) is 4.41. The van der Waals surface area contributed by atoms with Gasteiger partial charge in [-0.3, -0.25) is 9.78 Å². The van der Waals surface area contributed by atoms with E-state index in [9.17, 15) is 19.1 Å². The Morgan fingerprint density at radius 3 is 2.33 bits per heavy atom. The van der Waals surface area contributed by atoms with Crippen LogP contribution in [0.4, 0.5) is 10.1 Å². The highest BCUT2D eigenvalue weighted by atomic mass is 19.1. The Morgan fingerprint density at radius 2 is 1.71 bits per heavy atom. The van der Waals surface area contributed by atoms with Crippen molar-refractivity contribution in [1.29, 1.82) is 0 Å². The lowest BCUT2D eigenvalue weighted by Gasteiger charge is -2.36. The summed E-state index contributed by atoms with van der Waals surface area (Å²) in [7, 11) is 0. The third-order valence-electron chi connectivity index (χ3n) is 4.00. The largest absolute Gasteiger partial charge is 0.478 e. The van der Waals surface area contributed by atoms with Gasteiger partial charge in [0.1, 0.15) is 11.5 Å². The number of aromatic carboxylic acids is 1. The van der Waals surface area contributed by atoms with Crippen molar-refractivity contribution in [3.63, 3.8) is 0 Å².